The van der Waals surface area contributed by atoms with Crippen LogP contribution in [0.4, 0.5) is 0 Å². The number of aromatic nitrogens is 1. The maximum absolute atomic E-state index is 12.4. The Labute approximate surface area is 111 Å². The van der Waals surface area contributed by atoms with Crippen LogP contribution in [0.15, 0.2) is 18.2 Å². The van der Waals surface area contributed by atoms with Gasteiger partial charge >= 0.3 is 0 Å². The van der Waals surface area contributed by atoms with E-state index in [0.717, 1.165) is 16.5 Å². The van der Waals surface area contributed by atoms with E-state index in [0.29, 0.717) is 30.9 Å². The normalized spacial score (nSPS) is 15.5. The lowest BCUT2D eigenvalue weighted by Gasteiger charge is -2.12. The zero-order valence-electron chi connectivity index (χ0n) is 11.2. The standard InChI is InChI=1S/C15H17N3O/c1-9-5-10(2)14-11(6-9)7-13(17-14)15(19)18-4-3-12(16)8-18/h5-7,16-17H,3-4,8H2,1-2H3. The third kappa shape index (κ3) is 2.03. The second-order valence-electron chi connectivity index (χ2n) is 5.31. The summed E-state index contributed by atoms with van der Waals surface area (Å²) < 4.78 is 0. The van der Waals surface area contributed by atoms with Crippen LogP contribution in [-0.4, -0.2) is 34.6 Å². The van der Waals surface area contributed by atoms with E-state index in [1.807, 2.05) is 13.0 Å². The predicted octanol–water partition coefficient (Wildman–Crippen LogP) is 2.65. The predicted molar refractivity (Wildman–Crippen MR) is 76.0 cm³/mol. The molecule has 1 aliphatic heterocycles. The summed E-state index contributed by atoms with van der Waals surface area (Å²) in [6.07, 6.45) is 0.699. The van der Waals surface area contributed by atoms with Crippen LogP contribution in [0.1, 0.15) is 28.0 Å². The summed E-state index contributed by atoms with van der Waals surface area (Å²) in [5, 5.41) is 8.68. The fraction of sp³-hybridized carbons (Fsp3) is 0.333. The number of hydrogen-bond acceptors (Lipinski definition) is 2. The van der Waals surface area contributed by atoms with E-state index in [1.54, 1.807) is 4.90 Å². The van der Waals surface area contributed by atoms with Gasteiger partial charge < -0.3 is 15.3 Å². The van der Waals surface area contributed by atoms with E-state index >= 15 is 0 Å². The van der Waals surface area contributed by atoms with Crippen molar-refractivity contribution < 1.29 is 4.79 Å². The summed E-state index contributed by atoms with van der Waals surface area (Å²) in [5.74, 6) is -0.00416. The average molecular weight is 255 g/mol. The number of carbonyl (C=O) groups is 1. The van der Waals surface area contributed by atoms with E-state index < -0.39 is 0 Å². The second kappa shape index (κ2) is 4.23. The fourth-order valence-corrected chi connectivity index (χ4v) is 2.73. The third-order valence-corrected chi connectivity index (χ3v) is 3.65. The maximum atomic E-state index is 12.4. The summed E-state index contributed by atoms with van der Waals surface area (Å²) in [7, 11) is 0. The lowest BCUT2D eigenvalue weighted by atomic mass is 10.1. The molecule has 1 aromatic heterocycles. The highest BCUT2D eigenvalue weighted by atomic mass is 16.2. The topological polar surface area (TPSA) is 60.0 Å². The van der Waals surface area contributed by atoms with Crippen LogP contribution in [-0.2, 0) is 0 Å². The first-order valence-corrected chi connectivity index (χ1v) is 6.50. The van der Waals surface area contributed by atoms with Crippen molar-refractivity contribution in [2.75, 3.05) is 13.1 Å². The molecule has 2 N–H and O–H groups in total. The number of aromatic amines is 1. The number of nitrogens with one attached hydrogen (secondary N) is 2. The first kappa shape index (κ1) is 12.0. The van der Waals surface area contributed by atoms with Gasteiger partial charge in [-0.25, -0.2) is 0 Å². The minimum Gasteiger partial charge on any atom is -0.350 e. The Balaban J connectivity index is 1.99. The van der Waals surface area contributed by atoms with Gasteiger partial charge in [-0.05, 0) is 31.5 Å². The number of amides is 1. The largest absolute Gasteiger partial charge is 0.350 e. The Morgan fingerprint density at radius 3 is 2.79 bits per heavy atom. The van der Waals surface area contributed by atoms with Crippen molar-refractivity contribution in [3.05, 3.63) is 35.0 Å². The van der Waals surface area contributed by atoms with Gasteiger partial charge in [0.2, 0.25) is 0 Å². The van der Waals surface area contributed by atoms with E-state index in [2.05, 4.69) is 24.0 Å². The molecule has 0 bridgehead atoms. The van der Waals surface area contributed by atoms with E-state index in [-0.39, 0.29) is 5.91 Å². The molecule has 2 heterocycles. The van der Waals surface area contributed by atoms with Crippen molar-refractivity contribution in [3.63, 3.8) is 0 Å². The highest BCUT2D eigenvalue weighted by Gasteiger charge is 2.24. The van der Waals surface area contributed by atoms with Crippen LogP contribution in [0.3, 0.4) is 0 Å². The summed E-state index contributed by atoms with van der Waals surface area (Å²) in [6.45, 7) is 5.23. The SMILES string of the molecule is Cc1cc(C)c2[nH]c(C(=O)N3CCC(=N)C3)cc2c1. The molecule has 19 heavy (non-hydrogen) atoms. The molecular formula is C15H17N3O. The number of hydrogen-bond donors (Lipinski definition) is 2. The molecule has 3 rings (SSSR count). The lowest BCUT2D eigenvalue weighted by Crippen LogP contribution is -2.28. The van der Waals surface area contributed by atoms with Gasteiger partial charge in [-0.1, -0.05) is 11.6 Å². The molecule has 1 amide bonds. The van der Waals surface area contributed by atoms with Crippen molar-refractivity contribution >= 4 is 22.5 Å². The Morgan fingerprint density at radius 2 is 2.11 bits per heavy atom. The molecule has 0 radical (unpaired) electrons. The molecule has 0 spiro atoms. The summed E-state index contributed by atoms with van der Waals surface area (Å²) in [6, 6.07) is 6.11. The highest BCUT2D eigenvalue weighted by Crippen LogP contribution is 2.22. The van der Waals surface area contributed by atoms with Gasteiger partial charge in [0.25, 0.3) is 5.91 Å². The van der Waals surface area contributed by atoms with Crippen LogP contribution in [0.2, 0.25) is 0 Å². The molecule has 4 nitrogen and oxygen atoms in total. The maximum Gasteiger partial charge on any atom is 0.270 e. The van der Waals surface area contributed by atoms with Gasteiger partial charge in [-0.3, -0.25) is 4.79 Å². The Kier molecular flexibility index (Phi) is 2.66. The molecule has 98 valence electrons. The van der Waals surface area contributed by atoms with Crippen LogP contribution in [0, 0.1) is 19.3 Å². The van der Waals surface area contributed by atoms with Crippen molar-refractivity contribution in [1.29, 1.82) is 5.41 Å². The molecule has 0 atom stereocenters. The molecule has 1 aliphatic rings. The van der Waals surface area contributed by atoms with Crippen LogP contribution < -0.4 is 0 Å². The molecular weight excluding hydrogens is 238 g/mol. The molecule has 1 saturated heterocycles. The molecule has 0 aliphatic carbocycles. The van der Waals surface area contributed by atoms with E-state index in [9.17, 15) is 4.79 Å². The van der Waals surface area contributed by atoms with Gasteiger partial charge in [0.15, 0.2) is 0 Å². The highest BCUT2D eigenvalue weighted by molar-refractivity contribution is 6.01. The van der Waals surface area contributed by atoms with Gasteiger partial charge in [0, 0.05) is 29.6 Å². The van der Waals surface area contributed by atoms with Gasteiger partial charge in [-0.2, -0.15) is 0 Å². The van der Waals surface area contributed by atoms with Gasteiger partial charge in [-0.15, -0.1) is 0 Å². The van der Waals surface area contributed by atoms with Crippen molar-refractivity contribution in [2.45, 2.75) is 20.3 Å². The number of fused-ring (bicyclic) bond motifs is 1. The molecule has 1 fully saturated rings. The Morgan fingerprint density at radius 1 is 1.32 bits per heavy atom. The van der Waals surface area contributed by atoms with Crippen LogP contribution >= 0.6 is 0 Å². The summed E-state index contributed by atoms with van der Waals surface area (Å²) in [5.41, 5.74) is 4.65. The number of likely N-dealkylation sites (tertiary alicyclic amines) is 1. The molecule has 2 aromatic rings. The van der Waals surface area contributed by atoms with Crippen LogP contribution in [0.5, 0.6) is 0 Å². The van der Waals surface area contributed by atoms with Gasteiger partial charge in [0.1, 0.15) is 5.69 Å². The number of nitrogens with zero attached hydrogens (tertiary/aromatic N) is 1. The number of aryl methyl sites for hydroxylation is 2. The number of benzene rings is 1. The van der Waals surface area contributed by atoms with Crippen molar-refractivity contribution in [2.24, 2.45) is 0 Å². The number of carbonyl (C=O) groups excluding carboxylic acids is 1. The molecule has 1 aromatic carbocycles. The van der Waals surface area contributed by atoms with Crippen molar-refractivity contribution in [3.8, 4) is 0 Å². The summed E-state index contributed by atoms with van der Waals surface area (Å²) in [4.78, 5) is 17.3. The van der Waals surface area contributed by atoms with E-state index in [1.165, 1.54) is 5.56 Å². The first-order valence-electron chi connectivity index (χ1n) is 6.50. The zero-order chi connectivity index (χ0) is 13.6. The fourth-order valence-electron chi connectivity index (χ4n) is 2.73. The lowest BCUT2D eigenvalue weighted by molar-refractivity contribution is 0.0793. The molecule has 0 unspecified atom stereocenters. The second-order valence-corrected chi connectivity index (χ2v) is 5.31. The third-order valence-electron chi connectivity index (χ3n) is 3.65. The quantitative estimate of drug-likeness (QED) is 0.808. The minimum absolute atomic E-state index is 0.00416. The average Bonchev–Trinajstić information content (AvgIpc) is 2.94. The minimum atomic E-state index is -0.00416. The smallest absolute Gasteiger partial charge is 0.270 e. The van der Waals surface area contributed by atoms with Gasteiger partial charge in [0.05, 0.1) is 6.54 Å². The van der Waals surface area contributed by atoms with Crippen molar-refractivity contribution in [1.82, 2.24) is 9.88 Å². The summed E-state index contributed by atoms with van der Waals surface area (Å²) >= 11 is 0. The zero-order valence-corrected chi connectivity index (χ0v) is 11.2. The number of rotatable bonds is 1. The van der Waals surface area contributed by atoms with E-state index in [4.69, 9.17) is 5.41 Å². The molecule has 0 saturated carbocycles. The monoisotopic (exact) mass is 255 g/mol. The first-order chi connectivity index (χ1) is 9.04. The molecule has 4 heteroatoms. The van der Waals surface area contributed by atoms with Crippen LogP contribution in [0.25, 0.3) is 10.9 Å². The number of H-pyrrole nitrogens is 1. The Bertz CT molecular complexity index is 684. The Hall–Kier alpha value is -2.10.